The second-order valence-corrected chi connectivity index (χ2v) is 5.75. The van der Waals surface area contributed by atoms with Crippen molar-refractivity contribution in [2.45, 2.75) is 32.7 Å². The molecule has 0 saturated carbocycles. The quantitative estimate of drug-likeness (QED) is 0.876. The van der Waals surface area contributed by atoms with Crippen LogP contribution < -0.4 is 0 Å². The molecular weight excluding hydrogens is 256 g/mol. The van der Waals surface area contributed by atoms with E-state index < -0.39 is 0 Å². The van der Waals surface area contributed by atoms with Crippen molar-refractivity contribution >= 4 is 23.4 Å². The first-order chi connectivity index (χ1) is 9.24. The van der Waals surface area contributed by atoms with Gasteiger partial charge in [-0.15, -0.1) is 0 Å². The van der Waals surface area contributed by atoms with Gasteiger partial charge in [0.1, 0.15) is 0 Å². The molecule has 1 fully saturated rings. The molecule has 0 atom stereocenters. The number of aryl methyl sites for hydroxylation is 1. The molecule has 1 saturated heterocycles. The van der Waals surface area contributed by atoms with Crippen LogP contribution in [0.2, 0.25) is 0 Å². The number of aromatic amines is 1. The molecule has 0 amide bonds. The van der Waals surface area contributed by atoms with Crippen molar-refractivity contribution in [2.24, 2.45) is 0 Å². The second kappa shape index (κ2) is 5.43. The predicted octanol–water partition coefficient (Wildman–Crippen LogP) is 2.89. The first-order valence-corrected chi connectivity index (χ1v) is 7.42. The number of likely N-dealkylation sites (tertiary alicyclic amines) is 1. The lowest BCUT2D eigenvalue weighted by atomic mass is 10.1. The summed E-state index contributed by atoms with van der Waals surface area (Å²) in [6.45, 7) is 6.49. The highest BCUT2D eigenvalue weighted by molar-refractivity contribution is 7.71. The normalized spacial score (nSPS) is 17.1. The number of nitrogens with zero attached hydrogens (tertiary/aromatic N) is 3. The smallest absolute Gasteiger partial charge is 0.179 e. The molecule has 1 N–H and O–H groups in total. The van der Waals surface area contributed by atoms with E-state index in [1.165, 1.54) is 32.4 Å². The number of pyridine rings is 1. The fourth-order valence-electron chi connectivity index (χ4n) is 2.78. The van der Waals surface area contributed by atoms with E-state index in [0.29, 0.717) is 0 Å². The van der Waals surface area contributed by atoms with Gasteiger partial charge in [-0.2, -0.15) is 0 Å². The molecule has 0 bridgehead atoms. The first-order valence-electron chi connectivity index (χ1n) is 7.01. The number of nitrogens with one attached hydrogen (secondary N) is 1. The van der Waals surface area contributed by atoms with Crippen molar-refractivity contribution in [3.8, 4) is 0 Å². The van der Waals surface area contributed by atoms with E-state index in [1.807, 2.05) is 13.1 Å². The number of hydrogen-bond donors (Lipinski definition) is 1. The highest BCUT2D eigenvalue weighted by Gasteiger charge is 2.11. The summed E-state index contributed by atoms with van der Waals surface area (Å²) in [5, 5.41) is 0. The van der Waals surface area contributed by atoms with Gasteiger partial charge in [0.25, 0.3) is 0 Å². The van der Waals surface area contributed by atoms with Crippen molar-refractivity contribution in [2.75, 3.05) is 19.6 Å². The Labute approximate surface area is 118 Å². The van der Waals surface area contributed by atoms with Crippen LogP contribution in [0.25, 0.3) is 11.2 Å². The van der Waals surface area contributed by atoms with E-state index in [1.54, 1.807) is 0 Å². The summed E-state index contributed by atoms with van der Waals surface area (Å²) in [5.74, 6) is 0. The molecule has 2 aromatic rings. The van der Waals surface area contributed by atoms with E-state index in [4.69, 9.17) is 12.2 Å². The number of hydrogen-bond acceptors (Lipinski definition) is 3. The topological polar surface area (TPSA) is 36.9 Å². The number of aromatic nitrogens is 3. The van der Waals surface area contributed by atoms with Gasteiger partial charge in [-0.1, -0.05) is 6.42 Å². The largest absolute Gasteiger partial charge is 0.329 e. The Bertz CT molecular complexity index is 622. The van der Waals surface area contributed by atoms with Gasteiger partial charge in [-0.3, -0.25) is 0 Å². The summed E-state index contributed by atoms with van der Waals surface area (Å²) in [6.07, 6.45) is 5.94. The highest BCUT2D eigenvalue weighted by Crippen LogP contribution is 2.14. The van der Waals surface area contributed by atoms with Gasteiger partial charge in [-0.05, 0) is 56.7 Å². The van der Waals surface area contributed by atoms with Crippen molar-refractivity contribution < 1.29 is 0 Å². The molecule has 4 nitrogen and oxygen atoms in total. The van der Waals surface area contributed by atoms with E-state index in [2.05, 4.69) is 25.5 Å². The van der Waals surface area contributed by atoms with Crippen LogP contribution in [0.1, 0.15) is 24.8 Å². The fraction of sp³-hybridized carbons (Fsp3) is 0.571. The van der Waals surface area contributed by atoms with Gasteiger partial charge >= 0.3 is 0 Å². The zero-order valence-electron chi connectivity index (χ0n) is 11.4. The monoisotopic (exact) mass is 276 g/mol. The van der Waals surface area contributed by atoms with Crippen LogP contribution in [0.4, 0.5) is 0 Å². The molecule has 102 valence electrons. The molecule has 3 heterocycles. The zero-order chi connectivity index (χ0) is 13.2. The zero-order valence-corrected chi connectivity index (χ0v) is 12.2. The van der Waals surface area contributed by atoms with Crippen molar-refractivity contribution in [1.29, 1.82) is 0 Å². The minimum Gasteiger partial charge on any atom is -0.329 e. The lowest BCUT2D eigenvalue weighted by Crippen LogP contribution is -2.32. The number of fused-ring (bicyclic) bond motifs is 1. The minimum absolute atomic E-state index is 0.783. The van der Waals surface area contributed by atoms with Crippen LogP contribution in [0.3, 0.4) is 0 Å². The number of imidazole rings is 1. The summed E-state index contributed by atoms with van der Waals surface area (Å²) in [6, 6.07) is 2.11. The van der Waals surface area contributed by atoms with E-state index in [9.17, 15) is 0 Å². The molecule has 0 aromatic carbocycles. The Morgan fingerprint density at radius 1 is 1.26 bits per heavy atom. The van der Waals surface area contributed by atoms with Gasteiger partial charge in [0.15, 0.2) is 10.4 Å². The van der Waals surface area contributed by atoms with E-state index >= 15 is 0 Å². The van der Waals surface area contributed by atoms with Gasteiger partial charge in [0, 0.05) is 19.3 Å². The Morgan fingerprint density at radius 3 is 2.84 bits per heavy atom. The standard InChI is InChI=1S/C14H20N4S/c1-11-9-12-13(15-10-11)18(14(19)16-12)8-7-17-5-3-2-4-6-17/h9-10H,2-8H2,1H3,(H,16,19). The van der Waals surface area contributed by atoms with E-state index in [-0.39, 0.29) is 0 Å². The van der Waals surface area contributed by atoms with Gasteiger partial charge in [-0.25, -0.2) is 4.98 Å². The van der Waals surface area contributed by atoms with Crippen LogP contribution in [0.5, 0.6) is 0 Å². The molecule has 0 spiro atoms. The van der Waals surface area contributed by atoms with Crippen LogP contribution in [0, 0.1) is 11.7 Å². The maximum atomic E-state index is 5.41. The van der Waals surface area contributed by atoms with Gasteiger partial charge in [0.05, 0.1) is 5.52 Å². The molecule has 1 aliphatic heterocycles. The molecule has 0 radical (unpaired) electrons. The molecule has 2 aromatic heterocycles. The average molecular weight is 276 g/mol. The second-order valence-electron chi connectivity index (χ2n) is 5.37. The first kappa shape index (κ1) is 12.8. The summed E-state index contributed by atoms with van der Waals surface area (Å²) >= 11 is 5.41. The summed E-state index contributed by atoms with van der Waals surface area (Å²) < 4.78 is 2.91. The van der Waals surface area contributed by atoms with Gasteiger partial charge < -0.3 is 14.5 Å². The molecule has 0 unspecified atom stereocenters. The van der Waals surface area contributed by atoms with Crippen LogP contribution in [0.15, 0.2) is 12.3 Å². The highest BCUT2D eigenvalue weighted by atomic mass is 32.1. The third-order valence-electron chi connectivity index (χ3n) is 3.83. The average Bonchev–Trinajstić information content (AvgIpc) is 2.72. The lowest BCUT2D eigenvalue weighted by molar-refractivity contribution is 0.221. The summed E-state index contributed by atoms with van der Waals surface area (Å²) in [7, 11) is 0. The molecule has 5 heteroatoms. The summed E-state index contributed by atoms with van der Waals surface area (Å²) in [5.41, 5.74) is 3.18. The predicted molar refractivity (Wildman–Crippen MR) is 79.9 cm³/mol. The molecule has 19 heavy (non-hydrogen) atoms. The Kier molecular flexibility index (Phi) is 3.66. The van der Waals surface area contributed by atoms with Crippen LogP contribution in [-0.2, 0) is 6.54 Å². The maximum absolute atomic E-state index is 5.41. The number of rotatable bonds is 3. The SMILES string of the molecule is Cc1cnc2c(c1)[nH]c(=S)n2CCN1CCCCC1. The van der Waals surface area contributed by atoms with Crippen molar-refractivity contribution in [3.63, 3.8) is 0 Å². The maximum Gasteiger partial charge on any atom is 0.179 e. The number of H-pyrrole nitrogens is 1. The molecule has 1 aliphatic rings. The van der Waals surface area contributed by atoms with E-state index in [0.717, 1.165) is 34.6 Å². The molecule has 3 rings (SSSR count). The van der Waals surface area contributed by atoms with Crippen molar-refractivity contribution in [3.05, 3.63) is 22.6 Å². The Balaban J connectivity index is 1.80. The Hall–Kier alpha value is -1.20. The Morgan fingerprint density at radius 2 is 2.05 bits per heavy atom. The number of piperidine rings is 1. The molecular formula is C14H20N4S. The van der Waals surface area contributed by atoms with Crippen LogP contribution in [-0.4, -0.2) is 39.1 Å². The van der Waals surface area contributed by atoms with Crippen LogP contribution >= 0.6 is 12.2 Å². The fourth-order valence-corrected chi connectivity index (χ4v) is 3.07. The third kappa shape index (κ3) is 2.72. The van der Waals surface area contributed by atoms with Crippen molar-refractivity contribution in [1.82, 2.24) is 19.4 Å². The molecule has 0 aliphatic carbocycles. The third-order valence-corrected chi connectivity index (χ3v) is 4.16. The van der Waals surface area contributed by atoms with Gasteiger partial charge in [0.2, 0.25) is 0 Å². The summed E-state index contributed by atoms with van der Waals surface area (Å²) in [4.78, 5) is 10.3. The lowest BCUT2D eigenvalue weighted by Gasteiger charge is -2.26. The minimum atomic E-state index is 0.783.